The Balaban J connectivity index is 1.32. The summed E-state index contributed by atoms with van der Waals surface area (Å²) in [5.74, 6) is -0.286. The van der Waals surface area contributed by atoms with E-state index >= 15 is 0 Å². The van der Waals surface area contributed by atoms with Crippen molar-refractivity contribution in [2.24, 2.45) is 0 Å². The number of unbranched alkanes of at least 4 members (excludes halogenated alkanes) is 1. The molecule has 1 saturated heterocycles. The number of hydrogen-bond donors (Lipinski definition) is 3. The van der Waals surface area contributed by atoms with E-state index in [9.17, 15) is 19.5 Å². The Morgan fingerprint density at radius 2 is 1.58 bits per heavy atom. The van der Waals surface area contributed by atoms with Crippen LogP contribution >= 0.6 is 0 Å². The van der Waals surface area contributed by atoms with E-state index in [1.54, 1.807) is 0 Å². The zero-order valence-corrected chi connectivity index (χ0v) is 20.4. The normalized spacial score (nSPS) is 15.7. The topological polar surface area (TPSA) is 117 Å². The lowest BCUT2D eigenvalue weighted by atomic mass is 10.1. The highest BCUT2D eigenvalue weighted by Crippen LogP contribution is 2.19. The number of amides is 3. The predicted octanol–water partition coefficient (Wildman–Crippen LogP) is 3.36. The predicted molar refractivity (Wildman–Crippen MR) is 134 cm³/mol. The monoisotopic (exact) mass is 497 g/mol. The van der Waals surface area contributed by atoms with Crippen LogP contribution in [0.3, 0.4) is 0 Å². The van der Waals surface area contributed by atoms with Gasteiger partial charge in [0.15, 0.2) is 0 Å². The maximum Gasteiger partial charge on any atom is 0.410 e. The number of likely N-dealkylation sites (tertiary alicyclic amines) is 1. The van der Waals surface area contributed by atoms with Crippen molar-refractivity contribution in [3.63, 3.8) is 0 Å². The van der Waals surface area contributed by atoms with Crippen molar-refractivity contribution in [3.8, 4) is 0 Å². The highest BCUT2D eigenvalue weighted by Gasteiger charge is 2.35. The Hall–Kier alpha value is -3.59. The fourth-order valence-corrected chi connectivity index (χ4v) is 4.05. The summed E-state index contributed by atoms with van der Waals surface area (Å²) in [6.07, 6.45) is 2.20. The molecule has 194 valence electrons. The van der Waals surface area contributed by atoms with Crippen molar-refractivity contribution in [3.05, 3.63) is 71.8 Å². The summed E-state index contributed by atoms with van der Waals surface area (Å²) in [6, 6.07) is 17.8. The van der Waals surface area contributed by atoms with E-state index in [1.807, 2.05) is 60.7 Å². The molecule has 9 nitrogen and oxygen atoms in total. The number of rotatable bonds is 12. The Morgan fingerprint density at radius 1 is 0.944 bits per heavy atom. The number of carbonyl (C=O) groups is 3. The van der Waals surface area contributed by atoms with Crippen molar-refractivity contribution >= 4 is 18.1 Å². The van der Waals surface area contributed by atoms with Crippen LogP contribution in [0.1, 0.15) is 43.2 Å². The molecule has 1 heterocycles. The number of ether oxygens (including phenoxy) is 2. The Labute approximate surface area is 211 Å². The van der Waals surface area contributed by atoms with E-state index in [-0.39, 0.29) is 25.7 Å². The minimum absolute atomic E-state index is 0.150. The lowest BCUT2D eigenvalue weighted by molar-refractivity contribution is -0.126. The minimum Gasteiger partial charge on any atom is -0.445 e. The molecular formula is C27H35N3O6. The molecule has 0 bridgehead atoms. The molecule has 1 fully saturated rings. The molecular weight excluding hydrogens is 462 g/mol. The van der Waals surface area contributed by atoms with Crippen molar-refractivity contribution < 1.29 is 29.0 Å². The number of alkyl carbamates (subject to hydrolysis) is 1. The molecule has 0 unspecified atom stereocenters. The lowest BCUT2D eigenvalue weighted by Crippen LogP contribution is -2.49. The van der Waals surface area contributed by atoms with Crippen molar-refractivity contribution in [2.75, 3.05) is 19.7 Å². The van der Waals surface area contributed by atoms with Crippen LogP contribution < -0.4 is 10.6 Å². The molecule has 36 heavy (non-hydrogen) atoms. The molecule has 0 aliphatic carbocycles. The van der Waals surface area contributed by atoms with E-state index < -0.39 is 24.3 Å². The first-order valence-corrected chi connectivity index (χ1v) is 12.4. The molecule has 1 aliphatic heterocycles. The van der Waals surface area contributed by atoms with Gasteiger partial charge in [0, 0.05) is 13.1 Å². The molecule has 1 aliphatic rings. The first kappa shape index (κ1) is 27.0. The van der Waals surface area contributed by atoms with Gasteiger partial charge in [-0.2, -0.15) is 0 Å². The fraction of sp³-hybridized carbons (Fsp3) is 0.444. The van der Waals surface area contributed by atoms with Crippen LogP contribution in [0.15, 0.2) is 60.7 Å². The average molecular weight is 498 g/mol. The van der Waals surface area contributed by atoms with Crippen LogP contribution in [0.4, 0.5) is 9.59 Å². The van der Waals surface area contributed by atoms with E-state index in [0.717, 1.165) is 11.1 Å². The van der Waals surface area contributed by atoms with Crippen molar-refractivity contribution in [2.45, 2.75) is 57.4 Å². The van der Waals surface area contributed by atoms with Crippen LogP contribution in [0.25, 0.3) is 0 Å². The van der Waals surface area contributed by atoms with Gasteiger partial charge in [-0.05, 0) is 43.2 Å². The summed E-state index contributed by atoms with van der Waals surface area (Å²) in [4.78, 5) is 38.6. The van der Waals surface area contributed by atoms with Crippen LogP contribution in [-0.4, -0.2) is 59.9 Å². The van der Waals surface area contributed by atoms with Gasteiger partial charge in [0.25, 0.3) is 0 Å². The van der Waals surface area contributed by atoms with Gasteiger partial charge >= 0.3 is 12.2 Å². The number of hydrogen-bond acceptors (Lipinski definition) is 6. The Bertz CT molecular complexity index is 956. The highest BCUT2D eigenvalue weighted by molar-refractivity contribution is 5.86. The van der Waals surface area contributed by atoms with Gasteiger partial charge in [0.2, 0.25) is 5.91 Å². The first-order chi connectivity index (χ1) is 17.6. The fourth-order valence-electron chi connectivity index (χ4n) is 4.05. The second-order valence-corrected chi connectivity index (χ2v) is 8.76. The third-order valence-corrected chi connectivity index (χ3v) is 6.02. The first-order valence-electron chi connectivity index (χ1n) is 12.4. The third kappa shape index (κ3) is 8.88. The summed E-state index contributed by atoms with van der Waals surface area (Å²) in [6.45, 7) is 1.05. The van der Waals surface area contributed by atoms with Gasteiger partial charge in [0.1, 0.15) is 19.3 Å². The smallest absolute Gasteiger partial charge is 0.410 e. The molecule has 2 aromatic rings. The summed E-state index contributed by atoms with van der Waals surface area (Å²) in [7, 11) is 0. The highest BCUT2D eigenvalue weighted by atomic mass is 16.6. The molecule has 0 spiro atoms. The second-order valence-electron chi connectivity index (χ2n) is 8.76. The van der Waals surface area contributed by atoms with Gasteiger partial charge in [0.05, 0.1) is 12.6 Å². The summed E-state index contributed by atoms with van der Waals surface area (Å²) >= 11 is 0. The molecule has 3 rings (SSSR count). The largest absolute Gasteiger partial charge is 0.445 e. The molecule has 3 N–H and O–H groups in total. The van der Waals surface area contributed by atoms with E-state index in [2.05, 4.69) is 10.6 Å². The molecule has 0 radical (unpaired) electrons. The summed E-state index contributed by atoms with van der Waals surface area (Å²) in [5.41, 5.74) is 1.80. The second kappa shape index (κ2) is 14.7. The number of benzene rings is 2. The Morgan fingerprint density at radius 3 is 2.22 bits per heavy atom. The number of nitrogens with one attached hydrogen (secondary N) is 2. The zero-order valence-electron chi connectivity index (χ0n) is 20.4. The standard InChI is InChI=1S/C27H35N3O6/c31-18-23(14-7-8-16-28-26(33)35-19-21-10-3-1-4-11-21)29-25(32)24-15-9-17-30(24)27(34)36-20-22-12-5-2-6-13-22/h1-6,10-13,23-24,31H,7-9,14-20H2,(H,28,33)(H,29,32)/t23-,24+/m0/s1. The number of nitrogens with zero attached hydrogens (tertiary/aromatic N) is 1. The minimum atomic E-state index is -0.608. The maximum absolute atomic E-state index is 12.8. The Kier molecular flexibility index (Phi) is 11.0. The maximum atomic E-state index is 12.8. The molecule has 0 aromatic heterocycles. The van der Waals surface area contributed by atoms with Gasteiger partial charge in [-0.1, -0.05) is 60.7 Å². The van der Waals surface area contributed by atoms with Crippen LogP contribution in [0.5, 0.6) is 0 Å². The number of aliphatic hydroxyl groups is 1. The number of aliphatic hydroxyl groups excluding tert-OH is 1. The van der Waals surface area contributed by atoms with Crippen LogP contribution in [-0.2, 0) is 27.5 Å². The molecule has 0 saturated carbocycles. The molecule has 3 amide bonds. The van der Waals surface area contributed by atoms with Crippen LogP contribution in [0, 0.1) is 0 Å². The quantitative estimate of drug-likeness (QED) is 0.387. The van der Waals surface area contributed by atoms with Gasteiger partial charge in [-0.3, -0.25) is 9.69 Å². The molecule has 2 atom stereocenters. The average Bonchev–Trinajstić information content (AvgIpc) is 3.41. The van der Waals surface area contributed by atoms with Crippen molar-refractivity contribution in [1.29, 1.82) is 0 Å². The molecule has 2 aromatic carbocycles. The van der Waals surface area contributed by atoms with Gasteiger partial charge in [-0.25, -0.2) is 9.59 Å². The lowest BCUT2D eigenvalue weighted by Gasteiger charge is -2.25. The van der Waals surface area contributed by atoms with E-state index in [0.29, 0.717) is 45.2 Å². The third-order valence-electron chi connectivity index (χ3n) is 6.02. The summed E-state index contributed by atoms with van der Waals surface area (Å²) < 4.78 is 10.6. The zero-order chi connectivity index (χ0) is 25.6. The molecule has 9 heteroatoms. The number of carbonyl (C=O) groups excluding carboxylic acids is 3. The van der Waals surface area contributed by atoms with Crippen LogP contribution in [0.2, 0.25) is 0 Å². The van der Waals surface area contributed by atoms with Gasteiger partial charge in [-0.15, -0.1) is 0 Å². The van der Waals surface area contributed by atoms with E-state index in [1.165, 1.54) is 4.90 Å². The summed E-state index contributed by atoms with van der Waals surface area (Å²) in [5, 5.41) is 15.3. The van der Waals surface area contributed by atoms with Crippen molar-refractivity contribution in [1.82, 2.24) is 15.5 Å². The van der Waals surface area contributed by atoms with Gasteiger partial charge < -0.3 is 25.2 Å². The SMILES string of the molecule is O=C(NCCCC[C@@H](CO)NC(=O)[C@H]1CCCN1C(=O)OCc1ccccc1)OCc1ccccc1. The van der Waals surface area contributed by atoms with E-state index in [4.69, 9.17) is 9.47 Å².